The van der Waals surface area contributed by atoms with Gasteiger partial charge in [0.25, 0.3) is 0 Å². The van der Waals surface area contributed by atoms with Crippen molar-refractivity contribution in [3.63, 3.8) is 0 Å². The average Bonchev–Trinajstić information content (AvgIpc) is 2.48. The Bertz CT molecular complexity index is 715. The summed E-state index contributed by atoms with van der Waals surface area (Å²) in [7, 11) is 0. The molecule has 0 spiro atoms. The van der Waals surface area contributed by atoms with E-state index in [0.717, 1.165) is 20.5 Å². The Kier molecular flexibility index (Phi) is 3.92. The van der Waals surface area contributed by atoms with Crippen molar-refractivity contribution in [1.29, 1.82) is 0 Å². The molecule has 3 rings (SSSR count). The van der Waals surface area contributed by atoms with Gasteiger partial charge < -0.3 is 10.6 Å². The van der Waals surface area contributed by atoms with Crippen molar-refractivity contribution in [3.05, 3.63) is 57.7 Å². The molecule has 1 aliphatic rings. The summed E-state index contributed by atoms with van der Waals surface area (Å²) in [5.41, 5.74) is 2.35. The van der Waals surface area contributed by atoms with Gasteiger partial charge in [0.05, 0.1) is 11.6 Å². The number of hydrogen-bond donors (Lipinski definition) is 2. The molecule has 21 heavy (non-hydrogen) atoms. The first-order chi connectivity index (χ1) is 10.1. The summed E-state index contributed by atoms with van der Waals surface area (Å²) in [6.07, 6.45) is 0.173. The van der Waals surface area contributed by atoms with E-state index in [1.165, 1.54) is 0 Å². The molecule has 2 N–H and O–H groups in total. The van der Waals surface area contributed by atoms with Gasteiger partial charge in [-0.3, -0.25) is 9.59 Å². The van der Waals surface area contributed by atoms with Crippen LogP contribution in [0.2, 0.25) is 0 Å². The Morgan fingerprint density at radius 3 is 2.67 bits per heavy atom. The molecule has 0 radical (unpaired) electrons. The van der Waals surface area contributed by atoms with E-state index in [2.05, 4.69) is 33.2 Å². The number of hydrogen-bond acceptors (Lipinski definition) is 2. The molecule has 1 atom stereocenters. The SMILES string of the molecule is O=C1CC(C(=O)Nc2ccccc2I)c2ccccc2N1. The number of fused-ring (bicyclic) bond motifs is 1. The van der Waals surface area contributed by atoms with Crippen LogP contribution < -0.4 is 10.6 Å². The molecule has 1 unspecified atom stereocenters. The van der Waals surface area contributed by atoms with Crippen molar-refractivity contribution < 1.29 is 9.59 Å². The molecule has 0 fully saturated rings. The number of halogens is 1. The summed E-state index contributed by atoms with van der Waals surface area (Å²) >= 11 is 2.17. The lowest BCUT2D eigenvalue weighted by Crippen LogP contribution is -2.30. The summed E-state index contributed by atoms with van der Waals surface area (Å²) in [4.78, 5) is 24.3. The predicted octanol–water partition coefficient (Wildman–Crippen LogP) is 3.36. The van der Waals surface area contributed by atoms with Gasteiger partial charge >= 0.3 is 0 Å². The molecule has 0 bridgehead atoms. The van der Waals surface area contributed by atoms with Gasteiger partial charge in [0.1, 0.15) is 0 Å². The largest absolute Gasteiger partial charge is 0.326 e. The molecule has 2 amide bonds. The number of nitrogens with one attached hydrogen (secondary N) is 2. The van der Waals surface area contributed by atoms with E-state index < -0.39 is 5.92 Å². The Morgan fingerprint density at radius 2 is 1.86 bits per heavy atom. The molecule has 1 aliphatic heterocycles. The molecule has 0 saturated carbocycles. The molecule has 1 heterocycles. The number of carbonyl (C=O) groups is 2. The number of anilines is 2. The van der Waals surface area contributed by atoms with Gasteiger partial charge in [0, 0.05) is 15.7 Å². The average molecular weight is 392 g/mol. The Balaban J connectivity index is 1.88. The minimum absolute atomic E-state index is 0.128. The van der Waals surface area contributed by atoms with Crippen LogP contribution in [0.1, 0.15) is 17.9 Å². The van der Waals surface area contributed by atoms with Crippen LogP contribution in [0.3, 0.4) is 0 Å². The predicted molar refractivity (Wildman–Crippen MR) is 90.2 cm³/mol. The van der Waals surface area contributed by atoms with Crippen LogP contribution in [0.5, 0.6) is 0 Å². The quantitative estimate of drug-likeness (QED) is 0.771. The Labute approximate surface area is 136 Å². The van der Waals surface area contributed by atoms with Crippen LogP contribution in [-0.2, 0) is 9.59 Å². The van der Waals surface area contributed by atoms with Crippen LogP contribution in [0.4, 0.5) is 11.4 Å². The Morgan fingerprint density at radius 1 is 1.14 bits per heavy atom. The van der Waals surface area contributed by atoms with Gasteiger partial charge in [0.2, 0.25) is 11.8 Å². The van der Waals surface area contributed by atoms with Gasteiger partial charge in [-0.25, -0.2) is 0 Å². The van der Waals surface area contributed by atoms with Crippen LogP contribution in [0, 0.1) is 3.57 Å². The van der Waals surface area contributed by atoms with Gasteiger partial charge in [-0.05, 0) is 46.4 Å². The molecular weight excluding hydrogens is 379 g/mol. The van der Waals surface area contributed by atoms with E-state index in [0.29, 0.717) is 0 Å². The first-order valence-electron chi connectivity index (χ1n) is 6.59. The molecule has 0 aliphatic carbocycles. The first-order valence-corrected chi connectivity index (χ1v) is 7.67. The summed E-state index contributed by atoms with van der Waals surface area (Å²) in [6.45, 7) is 0. The summed E-state index contributed by atoms with van der Waals surface area (Å²) in [5.74, 6) is -0.732. The van der Waals surface area contributed by atoms with E-state index in [1.807, 2.05) is 48.5 Å². The Hall–Kier alpha value is -1.89. The second kappa shape index (κ2) is 5.85. The van der Waals surface area contributed by atoms with Crippen molar-refractivity contribution in [2.24, 2.45) is 0 Å². The molecule has 0 aromatic heterocycles. The number of carbonyl (C=O) groups excluding carboxylic acids is 2. The van der Waals surface area contributed by atoms with Crippen LogP contribution >= 0.6 is 22.6 Å². The summed E-state index contributed by atoms with van der Waals surface area (Å²) in [6, 6.07) is 15.0. The normalized spacial score (nSPS) is 16.8. The highest BCUT2D eigenvalue weighted by Crippen LogP contribution is 2.33. The highest BCUT2D eigenvalue weighted by Gasteiger charge is 2.30. The number of benzene rings is 2. The highest BCUT2D eigenvalue weighted by atomic mass is 127. The van der Waals surface area contributed by atoms with E-state index in [-0.39, 0.29) is 18.2 Å². The van der Waals surface area contributed by atoms with Crippen molar-refractivity contribution >= 4 is 45.8 Å². The lowest BCUT2D eigenvalue weighted by atomic mass is 9.90. The van der Waals surface area contributed by atoms with Gasteiger partial charge in [0.15, 0.2) is 0 Å². The monoisotopic (exact) mass is 392 g/mol. The lowest BCUT2D eigenvalue weighted by molar-refractivity contribution is -0.123. The maximum Gasteiger partial charge on any atom is 0.232 e. The number of amides is 2. The molecule has 5 heteroatoms. The van der Waals surface area contributed by atoms with E-state index in [4.69, 9.17) is 0 Å². The lowest BCUT2D eigenvalue weighted by Gasteiger charge is -2.24. The number of para-hydroxylation sites is 2. The van der Waals surface area contributed by atoms with Crippen molar-refractivity contribution in [1.82, 2.24) is 0 Å². The topological polar surface area (TPSA) is 58.2 Å². The molecule has 106 valence electrons. The minimum Gasteiger partial charge on any atom is -0.326 e. The van der Waals surface area contributed by atoms with Crippen LogP contribution in [-0.4, -0.2) is 11.8 Å². The fourth-order valence-corrected chi connectivity index (χ4v) is 2.95. The standard InChI is InChI=1S/C16H13IN2O2/c17-12-6-2-4-8-14(12)19-16(21)11-9-15(20)18-13-7-3-1-5-10(11)13/h1-8,11H,9H2,(H,18,20)(H,19,21). The number of rotatable bonds is 2. The minimum atomic E-state index is -0.453. The third-order valence-corrected chi connectivity index (χ3v) is 4.39. The van der Waals surface area contributed by atoms with Gasteiger partial charge in [-0.15, -0.1) is 0 Å². The van der Waals surface area contributed by atoms with Crippen molar-refractivity contribution in [2.75, 3.05) is 10.6 Å². The first kappa shape index (κ1) is 14.1. The van der Waals surface area contributed by atoms with Crippen molar-refractivity contribution in [2.45, 2.75) is 12.3 Å². The van der Waals surface area contributed by atoms with Crippen molar-refractivity contribution in [3.8, 4) is 0 Å². The summed E-state index contributed by atoms with van der Waals surface area (Å²) < 4.78 is 0.969. The third-order valence-electron chi connectivity index (χ3n) is 3.45. The van der Waals surface area contributed by atoms with E-state index in [9.17, 15) is 9.59 Å². The third kappa shape index (κ3) is 2.92. The second-order valence-corrected chi connectivity index (χ2v) is 6.02. The molecule has 2 aromatic carbocycles. The van der Waals surface area contributed by atoms with E-state index >= 15 is 0 Å². The van der Waals surface area contributed by atoms with E-state index in [1.54, 1.807) is 0 Å². The zero-order valence-electron chi connectivity index (χ0n) is 11.1. The molecule has 0 saturated heterocycles. The second-order valence-electron chi connectivity index (χ2n) is 4.86. The fourth-order valence-electron chi connectivity index (χ4n) is 2.43. The zero-order chi connectivity index (χ0) is 14.8. The van der Waals surface area contributed by atoms with Gasteiger partial charge in [-0.1, -0.05) is 30.3 Å². The molecule has 4 nitrogen and oxygen atoms in total. The fraction of sp³-hybridized carbons (Fsp3) is 0.125. The van der Waals surface area contributed by atoms with Gasteiger partial charge in [-0.2, -0.15) is 0 Å². The maximum absolute atomic E-state index is 12.5. The maximum atomic E-state index is 12.5. The zero-order valence-corrected chi connectivity index (χ0v) is 13.3. The smallest absolute Gasteiger partial charge is 0.232 e. The molecule has 2 aromatic rings. The van der Waals surface area contributed by atoms with Crippen LogP contribution in [0.15, 0.2) is 48.5 Å². The summed E-state index contributed by atoms with van der Waals surface area (Å²) in [5, 5.41) is 5.71. The van der Waals surface area contributed by atoms with Crippen LogP contribution in [0.25, 0.3) is 0 Å². The highest BCUT2D eigenvalue weighted by molar-refractivity contribution is 14.1. The molecular formula is C16H13IN2O2.